The second-order valence-electron chi connectivity index (χ2n) is 4.81. The fourth-order valence-corrected chi connectivity index (χ4v) is 2.85. The number of amides is 2. The van der Waals surface area contributed by atoms with Crippen LogP contribution in [-0.4, -0.2) is 25.4 Å². The molecule has 3 rings (SSSR count). The van der Waals surface area contributed by atoms with Crippen LogP contribution in [0.5, 0.6) is 0 Å². The molecule has 2 aromatic rings. The van der Waals surface area contributed by atoms with Crippen LogP contribution < -0.4 is 9.80 Å². The Bertz CT molecular complexity index is 730. The zero-order valence-corrected chi connectivity index (χ0v) is 13.0. The number of halogens is 1. The molecule has 0 unspecified atom stereocenters. The van der Waals surface area contributed by atoms with Crippen molar-refractivity contribution >= 4 is 39.1 Å². The molecule has 0 atom stereocenters. The lowest BCUT2D eigenvalue weighted by Gasteiger charge is -2.34. The maximum atomic E-state index is 12.8. The van der Waals surface area contributed by atoms with E-state index in [2.05, 4.69) is 15.9 Å². The third-order valence-corrected chi connectivity index (χ3v) is 4.24. The van der Waals surface area contributed by atoms with Crippen molar-refractivity contribution in [3.8, 4) is 0 Å². The molecule has 4 nitrogen and oxygen atoms in total. The molecule has 1 aliphatic rings. The summed E-state index contributed by atoms with van der Waals surface area (Å²) in [6.45, 7) is 0.0493. The summed E-state index contributed by atoms with van der Waals surface area (Å²) >= 11 is 3.39. The van der Waals surface area contributed by atoms with Crippen LogP contribution >= 0.6 is 15.9 Å². The molecule has 0 N–H and O–H groups in total. The van der Waals surface area contributed by atoms with E-state index in [0.29, 0.717) is 5.56 Å². The van der Waals surface area contributed by atoms with E-state index in [1.54, 1.807) is 18.0 Å². The highest BCUT2D eigenvalue weighted by molar-refractivity contribution is 9.10. The average Bonchev–Trinajstić information content (AvgIpc) is 2.51. The van der Waals surface area contributed by atoms with Gasteiger partial charge >= 0.3 is 0 Å². The molecule has 5 heteroatoms. The quantitative estimate of drug-likeness (QED) is 0.797. The Balaban J connectivity index is 2.07. The molecular weight excluding hydrogens is 332 g/mol. The smallest absolute Gasteiger partial charge is 0.259 e. The minimum Gasteiger partial charge on any atom is -0.312 e. The Morgan fingerprint density at radius 1 is 1.05 bits per heavy atom. The van der Waals surface area contributed by atoms with Crippen molar-refractivity contribution in [2.75, 3.05) is 23.4 Å². The monoisotopic (exact) mass is 344 g/mol. The lowest BCUT2D eigenvalue weighted by molar-refractivity contribution is -0.117. The summed E-state index contributed by atoms with van der Waals surface area (Å²) in [5.41, 5.74) is 2.04. The number of hydrogen-bond acceptors (Lipinski definition) is 2. The summed E-state index contributed by atoms with van der Waals surface area (Å²) in [4.78, 5) is 28.0. The summed E-state index contributed by atoms with van der Waals surface area (Å²) in [6.07, 6.45) is 0. The maximum Gasteiger partial charge on any atom is 0.259 e. The Morgan fingerprint density at radius 2 is 1.67 bits per heavy atom. The predicted molar refractivity (Wildman–Crippen MR) is 85.7 cm³/mol. The molecule has 0 spiro atoms. The highest BCUT2D eigenvalue weighted by Gasteiger charge is 2.31. The lowest BCUT2D eigenvalue weighted by Crippen LogP contribution is -2.46. The largest absolute Gasteiger partial charge is 0.312 e. The number of hydrogen-bond donors (Lipinski definition) is 0. The van der Waals surface area contributed by atoms with Crippen molar-refractivity contribution < 1.29 is 9.59 Å². The maximum absolute atomic E-state index is 12.8. The SMILES string of the molecule is CN1C(=O)CN(C(=O)c2ccccc2Br)c2ccccc21. The van der Waals surface area contributed by atoms with Crippen molar-refractivity contribution in [2.45, 2.75) is 0 Å². The molecule has 0 bridgehead atoms. The summed E-state index contributed by atoms with van der Waals surface area (Å²) in [5, 5.41) is 0. The average molecular weight is 345 g/mol. The van der Waals surface area contributed by atoms with Crippen LogP contribution in [0, 0.1) is 0 Å². The van der Waals surface area contributed by atoms with E-state index in [-0.39, 0.29) is 18.4 Å². The normalized spacial score (nSPS) is 14.1. The van der Waals surface area contributed by atoms with E-state index in [9.17, 15) is 9.59 Å². The van der Waals surface area contributed by atoms with Gasteiger partial charge in [-0.1, -0.05) is 24.3 Å². The number of carbonyl (C=O) groups is 2. The van der Waals surface area contributed by atoms with Crippen molar-refractivity contribution in [1.29, 1.82) is 0 Å². The van der Waals surface area contributed by atoms with Gasteiger partial charge in [-0.2, -0.15) is 0 Å². The fraction of sp³-hybridized carbons (Fsp3) is 0.125. The Kier molecular flexibility index (Phi) is 3.51. The third kappa shape index (κ3) is 2.34. The number of rotatable bonds is 1. The van der Waals surface area contributed by atoms with Crippen LogP contribution in [-0.2, 0) is 4.79 Å². The topological polar surface area (TPSA) is 40.6 Å². The zero-order chi connectivity index (χ0) is 15.0. The van der Waals surface area contributed by atoms with Crippen LogP contribution in [0.3, 0.4) is 0 Å². The van der Waals surface area contributed by atoms with E-state index < -0.39 is 0 Å². The van der Waals surface area contributed by atoms with Gasteiger partial charge in [-0.25, -0.2) is 0 Å². The molecular formula is C16H13BrN2O2. The zero-order valence-electron chi connectivity index (χ0n) is 11.4. The molecule has 2 aromatic carbocycles. The van der Waals surface area contributed by atoms with Gasteiger partial charge in [0, 0.05) is 11.5 Å². The van der Waals surface area contributed by atoms with E-state index in [0.717, 1.165) is 15.8 Å². The molecule has 0 fully saturated rings. The first-order valence-electron chi connectivity index (χ1n) is 6.51. The van der Waals surface area contributed by atoms with Gasteiger partial charge in [0.05, 0.1) is 16.9 Å². The number of benzene rings is 2. The molecule has 106 valence electrons. The van der Waals surface area contributed by atoms with Crippen molar-refractivity contribution in [3.05, 3.63) is 58.6 Å². The molecule has 0 radical (unpaired) electrons. The third-order valence-electron chi connectivity index (χ3n) is 3.55. The molecule has 2 amide bonds. The number of carbonyl (C=O) groups excluding carboxylic acids is 2. The number of nitrogens with zero attached hydrogens (tertiary/aromatic N) is 2. The van der Waals surface area contributed by atoms with E-state index in [1.165, 1.54) is 4.90 Å². The lowest BCUT2D eigenvalue weighted by atomic mass is 10.1. The highest BCUT2D eigenvalue weighted by atomic mass is 79.9. The van der Waals surface area contributed by atoms with Gasteiger partial charge in [-0.15, -0.1) is 0 Å². The van der Waals surface area contributed by atoms with E-state index >= 15 is 0 Å². The number of anilines is 2. The van der Waals surface area contributed by atoms with Gasteiger partial charge < -0.3 is 4.90 Å². The van der Waals surface area contributed by atoms with Crippen molar-refractivity contribution in [1.82, 2.24) is 0 Å². The number of likely N-dealkylation sites (N-methyl/N-ethyl adjacent to an activating group) is 1. The number of para-hydroxylation sites is 2. The Labute approximate surface area is 131 Å². The first kappa shape index (κ1) is 13.8. The van der Waals surface area contributed by atoms with Gasteiger partial charge in [-0.05, 0) is 40.2 Å². The van der Waals surface area contributed by atoms with Crippen LogP contribution in [0.4, 0.5) is 11.4 Å². The Hall–Kier alpha value is -2.14. The summed E-state index contributed by atoms with van der Waals surface area (Å²) in [6, 6.07) is 14.6. The van der Waals surface area contributed by atoms with Crippen LogP contribution in [0.25, 0.3) is 0 Å². The second kappa shape index (κ2) is 5.33. The van der Waals surface area contributed by atoms with Crippen molar-refractivity contribution in [2.24, 2.45) is 0 Å². The molecule has 0 saturated carbocycles. The van der Waals surface area contributed by atoms with Crippen LogP contribution in [0.1, 0.15) is 10.4 Å². The van der Waals surface area contributed by atoms with Crippen LogP contribution in [0.15, 0.2) is 53.0 Å². The van der Waals surface area contributed by atoms with Gasteiger partial charge in [-0.3, -0.25) is 14.5 Å². The molecule has 1 aliphatic heterocycles. The Morgan fingerprint density at radius 3 is 2.38 bits per heavy atom. The summed E-state index contributed by atoms with van der Waals surface area (Å²) in [7, 11) is 1.72. The molecule has 21 heavy (non-hydrogen) atoms. The second-order valence-corrected chi connectivity index (χ2v) is 5.67. The van der Waals surface area contributed by atoms with E-state index in [4.69, 9.17) is 0 Å². The first-order chi connectivity index (χ1) is 10.1. The minimum atomic E-state index is -0.184. The summed E-state index contributed by atoms with van der Waals surface area (Å²) < 4.78 is 0.721. The van der Waals surface area contributed by atoms with Gasteiger partial charge in [0.15, 0.2) is 0 Å². The van der Waals surface area contributed by atoms with Crippen LogP contribution in [0.2, 0.25) is 0 Å². The highest BCUT2D eigenvalue weighted by Crippen LogP contribution is 2.34. The minimum absolute atomic E-state index is 0.0493. The van der Waals surface area contributed by atoms with E-state index in [1.807, 2.05) is 42.5 Å². The fourth-order valence-electron chi connectivity index (χ4n) is 2.40. The van der Waals surface area contributed by atoms with Gasteiger partial charge in [0.2, 0.25) is 5.91 Å². The number of fused-ring (bicyclic) bond motifs is 1. The van der Waals surface area contributed by atoms with Gasteiger partial charge in [0.25, 0.3) is 5.91 Å². The van der Waals surface area contributed by atoms with Gasteiger partial charge in [0.1, 0.15) is 6.54 Å². The predicted octanol–water partition coefficient (Wildman–Crippen LogP) is 3.07. The summed E-state index contributed by atoms with van der Waals surface area (Å²) in [5.74, 6) is -0.287. The van der Waals surface area contributed by atoms with Crippen molar-refractivity contribution in [3.63, 3.8) is 0 Å². The molecule has 1 heterocycles. The standard InChI is InChI=1S/C16H13BrN2O2/c1-18-13-8-4-5-9-14(13)19(10-15(18)20)16(21)11-6-2-3-7-12(11)17/h2-9H,10H2,1H3. The first-order valence-corrected chi connectivity index (χ1v) is 7.31. The molecule has 0 aliphatic carbocycles. The molecule has 0 saturated heterocycles. The molecule has 0 aromatic heterocycles.